The van der Waals surface area contributed by atoms with E-state index in [4.69, 9.17) is 0 Å². The molecule has 2 nitrogen and oxygen atoms in total. The summed E-state index contributed by atoms with van der Waals surface area (Å²) in [6.45, 7) is 2.00. The van der Waals surface area contributed by atoms with Crippen LogP contribution >= 0.6 is 12.6 Å². The zero-order valence-electron chi connectivity index (χ0n) is 7.07. The molecule has 12 heavy (non-hydrogen) atoms. The van der Waals surface area contributed by atoms with Crippen LogP contribution in [0.2, 0.25) is 0 Å². The summed E-state index contributed by atoms with van der Waals surface area (Å²) in [5, 5.41) is 0. The lowest BCUT2D eigenvalue weighted by atomic mass is 10.3. The Bertz CT molecular complexity index is 431. The topological polar surface area (TPSA) is 17.8 Å². The summed E-state index contributed by atoms with van der Waals surface area (Å²) >= 11 is 4.25. The van der Waals surface area contributed by atoms with E-state index in [0.29, 0.717) is 0 Å². The summed E-state index contributed by atoms with van der Waals surface area (Å²) in [6, 6.07) is 6.00. The molecule has 1 heterocycles. The van der Waals surface area contributed by atoms with E-state index in [-0.39, 0.29) is 0 Å². The zero-order chi connectivity index (χ0) is 8.72. The van der Waals surface area contributed by atoms with E-state index < -0.39 is 0 Å². The molecule has 62 valence electrons. The Hall–Kier alpha value is -0.960. The van der Waals surface area contributed by atoms with E-state index in [1.165, 1.54) is 0 Å². The van der Waals surface area contributed by atoms with Crippen molar-refractivity contribution in [1.82, 2.24) is 9.55 Å². The molecule has 2 rings (SSSR count). The first kappa shape index (κ1) is 7.68. The Labute approximate surface area is 76.6 Å². The van der Waals surface area contributed by atoms with Crippen molar-refractivity contribution in [1.29, 1.82) is 0 Å². The van der Waals surface area contributed by atoms with Crippen molar-refractivity contribution in [3.8, 4) is 0 Å². The first-order chi connectivity index (χ1) is 5.68. The zero-order valence-corrected chi connectivity index (χ0v) is 7.97. The maximum absolute atomic E-state index is 4.39. The maximum Gasteiger partial charge on any atom is 0.106 e. The number of aryl methyl sites for hydroxylation is 2. The van der Waals surface area contributed by atoms with E-state index in [1.807, 2.05) is 32.2 Å². The summed E-state index contributed by atoms with van der Waals surface area (Å²) in [7, 11) is 2.02. The molecule has 3 heteroatoms. The molecule has 1 aromatic carbocycles. The molecule has 0 saturated heterocycles. The molecular formula is C9H10N2S. The van der Waals surface area contributed by atoms with Gasteiger partial charge in [0, 0.05) is 11.9 Å². The average molecular weight is 178 g/mol. The van der Waals surface area contributed by atoms with Crippen LogP contribution in [0, 0.1) is 6.92 Å². The molecular weight excluding hydrogens is 168 g/mol. The van der Waals surface area contributed by atoms with Gasteiger partial charge in [-0.15, -0.1) is 12.6 Å². The number of thiol groups is 1. The van der Waals surface area contributed by atoms with Gasteiger partial charge in [-0.2, -0.15) is 0 Å². The summed E-state index contributed by atoms with van der Waals surface area (Å²) in [4.78, 5) is 5.35. The molecule has 0 bridgehead atoms. The number of hydrogen-bond donors (Lipinski definition) is 1. The largest absolute Gasteiger partial charge is 0.331 e. The molecule has 0 amide bonds. The fourth-order valence-electron chi connectivity index (χ4n) is 1.31. The van der Waals surface area contributed by atoms with Crippen LogP contribution in [0.15, 0.2) is 23.1 Å². The Morgan fingerprint density at radius 1 is 1.42 bits per heavy atom. The van der Waals surface area contributed by atoms with Crippen LogP contribution in [0.25, 0.3) is 11.0 Å². The lowest BCUT2D eigenvalue weighted by Gasteiger charge is -1.95. The number of rotatable bonds is 0. The monoisotopic (exact) mass is 178 g/mol. The molecule has 0 aliphatic carbocycles. The number of hydrogen-bond acceptors (Lipinski definition) is 2. The molecule has 0 aliphatic heterocycles. The van der Waals surface area contributed by atoms with Crippen LogP contribution in [0.5, 0.6) is 0 Å². The predicted octanol–water partition coefficient (Wildman–Crippen LogP) is 2.17. The van der Waals surface area contributed by atoms with Gasteiger partial charge in [-0.25, -0.2) is 4.98 Å². The Morgan fingerprint density at radius 3 is 2.92 bits per heavy atom. The second-order valence-electron chi connectivity index (χ2n) is 2.89. The van der Waals surface area contributed by atoms with Gasteiger partial charge in [-0.05, 0) is 25.1 Å². The molecule has 0 saturated carbocycles. The molecule has 0 spiro atoms. The molecule has 0 atom stereocenters. The number of benzene rings is 1. The first-order valence-electron chi connectivity index (χ1n) is 3.80. The van der Waals surface area contributed by atoms with E-state index in [9.17, 15) is 0 Å². The van der Waals surface area contributed by atoms with E-state index in [1.54, 1.807) is 0 Å². The van der Waals surface area contributed by atoms with Crippen LogP contribution in [0.1, 0.15) is 5.82 Å². The highest BCUT2D eigenvalue weighted by atomic mass is 32.1. The van der Waals surface area contributed by atoms with Gasteiger partial charge in [0.1, 0.15) is 5.82 Å². The SMILES string of the molecule is Cc1nc2cc(S)ccc2n1C. The highest BCUT2D eigenvalue weighted by Gasteiger charge is 2.02. The quantitative estimate of drug-likeness (QED) is 0.612. The highest BCUT2D eigenvalue weighted by Crippen LogP contribution is 2.17. The van der Waals surface area contributed by atoms with Crippen LogP contribution in [0.4, 0.5) is 0 Å². The molecule has 0 aliphatic rings. The van der Waals surface area contributed by atoms with Gasteiger partial charge in [-0.3, -0.25) is 0 Å². The molecule has 0 unspecified atom stereocenters. The van der Waals surface area contributed by atoms with Crippen LogP contribution in [0.3, 0.4) is 0 Å². The Kier molecular flexibility index (Phi) is 1.61. The third-order valence-electron chi connectivity index (χ3n) is 2.09. The van der Waals surface area contributed by atoms with Crippen molar-refractivity contribution in [2.45, 2.75) is 11.8 Å². The van der Waals surface area contributed by atoms with Gasteiger partial charge in [0.25, 0.3) is 0 Å². The summed E-state index contributed by atoms with van der Waals surface area (Å²) in [6.07, 6.45) is 0. The average Bonchev–Trinajstić information content (AvgIpc) is 2.28. The van der Waals surface area contributed by atoms with E-state index in [0.717, 1.165) is 21.8 Å². The Balaban J connectivity index is 2.87. The lowest BCUT2D eigenvalue weighted by Crippen LogP contribution is -1.89. The summed E-state index contributed by atoms with van der Waals surface area (Å²) in [5.41, 5.74) is 2.17. The predicted molar refractivity (Wildman–Crippen MR) is 52.7 cm³/mol. The van der Waals surface area contributed by atoms with E-state index >= 15 is 0 Å². The third-order valence-corrected chi connectivity index (χ3v) is 2.37. The first-order valence-corrected chi connectivity index (χ1v) is 4.25. The normalized spacial score (nSPS) is 10.9. The van der Waals surface area contributed by atoms with Crippen LogP contribution in [-0.2, 0) is 7.05 Å². The Morgan fingerprint density at radius 2 is 2.17 bits per heavy atom. The smallest absolute Gasteiger partial charge is 0.106 e. The number of fused-ring (bicyclic) bond motifs is 1. The molecule has 1 aromatic heterocycles. The maximum atomic E-state index is 4.39. The minimum absolute atomic E-state index is 0.959. The second kappa shape index (κ2) is 2.52. The van der Waals surface area contributed by atoms with Crippen molar-refractivity contribution < 1.29 is 0 Å². The van der Waals surface area contributed by atoms with Crippen molar-refractivity contribution >= 4 is 23.7 Å². The van der Waals surface area contributed by atoms with Gasteiger partial charge in [0.2, 0.25) is 0 Å². The standard InChI is InChI=1S/C9H10N2S/c1-6-10-8-5-7(12)3-4-9(8)11(6)2/h3-5,12H,1-2H3. The van der Waals surface area contributed by atoms with Gasteiger partial charge < -0.3 is 4.57 Å². The molecule has 0 radical (unpaired) electrons. The van der Waals surface area contributed by atoms with Gasteiger partial charge in [0.15, 0.2) is 0 Å². The second-order valence-corrected chi connectivity index (χ2v) is 3.41. The fraction of sp³-hybridized carbons (Fsp3) is 0.222. The van der Waals surface area contributed by atoms with Crippen molar-refractivity contribution in [2.24, 2.45) is 7.05 Å². The minimum Gasteiger partial charge on any atom is -0.331 e. The molecule has 0 N–H and O–H groups in total. The van der Waals surface area contributed by atoms with Crippen LogP contribution < -0.4 is 0 Å². The van der Waals surface area contributed by atoms with Crippen molar-refractivity contribution in [3.05, 3.63) is 24.0 Å². The highest BCUT2D eigenvalue weighted by molar-refractivity contribution is 7.80. The summed E-state index contributed by atoms with van der Waals surface area (Å²) in [5.74, 6) is 1.03. The van der Waals surface area contributed by atoms with Gasteiger partial charge >= 0.3 is 0 Å². The van der Waals surface area contributed by atoms with Crippen molar-refractivity contribution in [3.63, 3.8) is 0 Å². The van der Waals surface area contributed by atoms with Gasteiger partial charge in [0.05, 0.1) is 11.0 Å². The third kappa shape index (κ3) is 1.01. The fourth-order valence-corrected chi connectivity index (χ4v) is 1.51. The van der Waals surface area contributed by atoms with Crippen molar-refractivity contribution in [2.75, 3.05) is 0 Å². The van der Waals surface area contributed by atoms with Crippen LogP contribution in [-0.4, -0.2) is 9.55 Å². The molecule has 2 aromatic rings. The summed E-state index contributed by atoms with van der Waals surface area (Å²) < 4.78 is 2.07. The number of imidazole rings is 1. The number of aromatic nitrogens is 2. The molecule has 0 fully saturated rings. The lowest BCUT2D eigenvalue weighted by molar-refractivity contribution is 0.886. The van der Waals surface area contributed by atoms with Gasteiger partial charge in [-0.1, -0.05) is 0 Å². The minimum atomic E-state index is 0.959. The van der Waals surface area contributed by atoms with E-state index in [2.05, 4.69) is 22.2 Å². The number of nitrogens with zero attached hydrogens (tertiary/aromatic N) is 2.